The molecule has 0 amide bonds. The minimum atomic E-state index is -0.446. The van der Waals surface area contributed by atoms with E-state index in [0.717, 1.165) is 16.5 Å². The largest absolute Gasteiger partial charge is 1.00 e. The molecule has 29 heavy (non-hydrogen) atoms. The summed E-state index contributed by atoms with van der Waals surface area (Å²) in [6, 6.07) is 21.6. The Morgan fingerprint density at radius 2 is 1.69 bits per heavy atom. The van der Waals surface area contributed by atoms with E-state index in [1.807, 2.05) is 54.6 Å². The summed E-state index contributed by atoms with van der Waals surface area (Å²) in [5.74, 6) is 1.59. The molecule has 0 aliphatic heterocycles. The van der Waals surface area contributed by atoms with Gasteiger partial charge in [0.15, 0.2) is 5.82 Å². The maximum Gasteiger partial charge on any atom is 0.271 e. The quantitative estimate of drug-likeness (QED) is 0.402. The third-order valence-corrected chi connectivity index (χ3v) is 4.28. The highest BCUT2D eigenvalue weighted by molar-refractivity contribution is 5.92. The summed E-state index contributed by atoms with van der Waals surface area (Å²) in [6.45, 7) is 0. The van der Waals surface area contributed by atoms with Crippen molar-refractivity contribution in [2.75, 3.05) is 12.4 Å². The number of ether oxygens (including phenoxy) is 1. The van der Waals surface area contributed by atoms with Crippen molar-refractivity contribution >= 4 is 28.1 Å². The van der Waals surface area contributed by atoms with E-state index >= 15 is 0 Å². The number of nitro benzene ring substituents is 1. The van der Waals surface area contributed by atoms with E-state index in [9.17, 15) is 10.1 Å². The highest BCUT2D eigenvalue weighted by Gasteiger charge is 2.15. The van der Waals surface area contributed by atoms with Crippen LogP contribution in [0.2, 0.25) is 0 Å². The first kappa shape index (κ1) is 20.0. The van der Waals surface area contributed by atoms with E-state index in [1.54, 1.807) is 6.07 Å². The molecule has 1 N–H and O–H groups in total. The van der Waals surface area contributed by atoms with Crippen molar-refractivity contribution in [2.45, 2.75) is 0 Å². The molecule has 0 saturated heterocycles. The average molecular weight is 408 g/mol. The molecule has 4 rings (SSSR count). The van der Waals surface area contributed by atoms with Crippen LogP contribution in [0.5, 0.6) is 5.75 Å². The Morgan fingerprint density at radius 1 is 0.966 bits per heavy atom. The molecule has 1 heterocycles. The maximum atomic E-state index is 11.2. The Kier molecular flexibility index (Phi) is 5.90. The van der Waals surface area contributed by atoms with Gasteiger partial charge < -0.3 is 22.5 Å². The Hall–Kier alpha value is -3.71. The molecule has 0 unspecified atom stereocenters. The van der Waals surface area contributed by atoms with Crippen molar-refractivity contribution in [2.24, 2.45) is 0 Å². The number of nitro groups is 1. The fourth-order valence-electron chi connectivity index (χ4n) is 2.92. The van der Waals surface area contributed by atoms with Gasteiger partial charge in [-0.15, -0.1) is 0 Å². The van der Waals surface area contributed by atoms with E-state index < -0.39 is 4.92 Å². The molecule has 0 radical (unpaired) electrons. The number of aromatic nitrogens is 2. The highest BCUT2D eigenvalue weighted by atomic mass is 35.5. The van der Waals surface area contributed by atoms with Crippen molar-refractivity contribution in [3.63, 3.8) is 0 Å². The zero-order chi connectivity index (χ0) is 19.5. The number of nitrogens with zero attached hydrogens (tertiary/aromatic N) is 3. The van der Waals surface area contributed by atoms with Crippen molar-refractivity contribution in [3.8, 4) is 17.1 Å². The van der Waals surface area contributed by atoms with Gasteiger partial charge in [0.25, 0.3) is 5.69 Å². The van der Waals surface area contributed by atoms with Crippen LogP contribution in [0, 0.1) is 10.1 Å². The lowest BCUT2D eigenvalue weighted by atomic mass is 10.1. The van der Waals surface area contributed by atoms with Gasteiger partial charge in [-0.1, -0.05) is 42.5 Å². The van der Waals surface area contributed by atoms with Gasteiger partial charge >= 0.3 is 0 Å². The lowest BCUT2D eigenvalue weighted by Gasteiger charge is -2.13. The molecule has 3 aromatic carbocycles. The molecule has 1 aromatic heterocycles. The Morgan fingerprint density at radius 3 is 2.41 bits per heavy atom. The standard InChI is InChI=1S/C21H16N4O3.ClH/c1-28-19-12-11-15(25(26)27)13-18(19)23-21-16-9-5-6-10-17(16)22-20(24-21)14-7-3-2-4-8-14;/h2-13H,1H3,(H,22,23,24);1H/p-1. The van der Waals surface area contributed by atoms with Gasteiger partial charge in [-0.2, -0.15) is 0 Å². The minimum absolute atomic E-state index is 0. The van der Waals surface area contributed by atoms with Crippen molar-refractivity contribution in [1.82, 2.24) is 9.97 Å². The van der Waals surface area contributed by atoms with E-state index in [2.05, 4.69) is 15.3 Å². The minimum Gasteiger partial charge on any atom is -1.00 e. The predicted molar refractivity (Wildman–Crippen MR) is 108 cm³/mol. The molecule has 7 nitrogen and oxygen atoms in total. The SMILES string of the molecule is COc1ccc([N+](=O)[O-])cc1Nc1nc(-c2ccccc2)nc2ccccc12.[Cl-]. The number of benzene rings is 3. The Labute approximate surface area is 173 Å². The summed E-state index contributed by atoms with van der Waals surface area (Å²) in [4.78, 5) is 20.0. The molecule has 146 valence electrons. The molecule has 0 saturated carbocycles. The fraction of sp³-hybridized carbons (Fsp3) is 0.0476. The third-order valence-electron chi connectivity index (χ3n) is 4.28. The number of rotatable bonds is 5. The number of non-ortho nitro benzene ring substituents is 1. The van der Waals surface area contributed by atoms with E-state index in [0.29, 0.717) is 23.1 Å². The molecule has 0 atom stereocenters. The molecule has 0 spiro atoms. The highest BCUT2D eigenvalue weighted by Crippen LogP contribution is 2.33. The number of hydrogen-bond acceptors (Lipinski definition) is 6. The van der Waals surface area contributed by atoms with Gasteiger partial charge in [0.1, 0.15) is 11.6 Å². The Balaban J connectivity index is 0.00000240. The summed E-state index contributed by atoms with van der Waals surface area (Å²) in [5, 5.41) is 15.2. The van der Waals surface area contributed by atoms with Crippen LogP contribution in [0.1, 0.15) is 0 Å². The van der Waals surface area contributed by atoms with Crippen LogP contribution in [-0.2, 0) is 0 Å². The molecule has 0 aliphatic rings. The Bertz CT molecular complexity index is 1170. The lowest BCUT2D eigenvalue weighted by Crippen LogP contribution is -3.00. The molecular weight excluding hydrogens is 392 g/mol. The summed E-state index contributed by atoms with van der Waals surface area (Å²) in [5.41, 5.74) is 2.06. The van der Waals surface area contributed by atoms with Crippen molar-refractivity contribution in [3.05, 3.63) is 82.9 Å². The number of methoxy groups -OCH3 is 1. The van der Waals surface area contributed by atoms with Gasteiger partial charge in [-0.3, -0.25) is 10.1 Å². The van der Waals surface area contributed by atoms with Crippen LogP contribution in [0.4, 0.5) is 17.2 Å². The van der Waals surface area contributed by atoms with Gasteiger partial charge in [0.2, 0.25) is 0 Å². The first-order chi connectivity index (χ1) is 13.7. The first-order valence-electron chi connectivity index (χ1n) is 8.57. The van der Waals surface area contributed by atoms with Crippen molar-refractivity contribution < 1.29 is 22.1 Å². The van der Waals surface area contributed by atoms with Crippen molar-refractivity contribution in [1.29, 1.82) is 0 Å². The van der Waals surface area contributed by atoms with Gasteiger partial charge in [-0.05, 0) is 18.2 Å². The summed E-state index contributed by atoms with van der Waals surface area (Å²) in [7, 11) is 1.51. The maximum absolute atomic E-state index is 11.2. The second-order valence-corrected chi connectivity index (χ2v) is 6.05. The molecule has 0 aliphatic carbocycles. The molecule has 0 fully saturated rings. The molecule has 4 aromatic rings. The summed E-state index contributed by atoms with van der Waals surface area (Å²) >= 11 is 0. The second kappa shape index (κ2) is 8.53. The average Bonchev–Trinajstić information content (AvgIpc) is 2.74. The third kappa shape index (κ3) is 4.09. The monoisotopic (exact) mass is 407 g/mol. The number of nitrogens with one attached hydrogen (secondary N) is 1. The van der Waals surface area contributed by atoms with E-state index in [4.69, 9.17) is 4.74 Å². The van der Waals surface area contributed by atoms with Crippen LogP contribution in [0.25, 0.3) is 22.3 Å². The smallest absolute Gasteiger partial charge is 0.271 e. The van der Waals surface area contributed by atoms with Crippen LogP contribution in [0.3, 0.4) is 0 Å². The number of para-hydroxylation sites is 1. The first-order valence-corrected chi connectivity index (χ1v) is 8.57. The lowest BCUT2D eigenvalue weighted by molar-refractivity contribution is -0.384. The predicted octanol–water partition coefficient (Wildman–Crippen LogP) is 1.96. The topological polar surface area (TPSA) is 90.2 Å². The van der Waals surface area contributed by atoms with E-state index in [1.165, 1.54) is 19.2 Å². The molecule has 0 bridgehead atoms. The zero-order valence-electron chi connectivity index (χ0n) is 15.4. The van der Waals surface area contributed by atoms with Gasteiger partial charge in [-0.25, -0.2) is 9.97 Å². The van der Waals surface area contributed by atoms with Crippen LogP contribution in [0.15, 0.2) is 72.8 Å². The molecule has 8 heteroatoms. The number of halogens is 1. The number of hydrogen-bond donors (Lipinski definition) is 1. The number of anilines is 2. The van der Waals surface area contributed by atoms with Gasteiger partial charge in [0, 0.05) is 23.1 Å². The van der Waals surface area contributed by atoms with E-state index in [-0.39, 0.29) is 18.1 Å². The molecular formula is C21H16ClN4O3-. The summed E-state index contributed by atoms with van der Waals surface area (Å²) < 4.78 is 5.35. The second-order valence-electron chi connectivity index (χ2n) is 6.05. The van der Waals surface area contributed by atoms with Gasteiger partial charge in [0.05, 0.1) is 23.2 Å². The van der Waals surface area contributed by atoms with Crippen LogP contribution >= 0.6 is 0 Å². The summed E-state index contributed by atoms with van der Waals surface area (Å²) in [6.07, 6.45) is 0. The normalized spacial score (nSPS) is 10.2. The van der Waals surface area contributed by atoms with Crippen LogP contribution in [-0.4, -0.2) is 22.0 Å². The van der Waals surface area contributed by atoms with Crippen LogP contribution < -0.4 is 22.5 Å². The zero-order valence-corrected chi connectivity index (χ0v) is 16.1. The number of fused-ring (bicyclic) bond motifs is 1. The fourth-order valence-corrected chi connectivity index (χ4v) is 2.92.